The Kier molecular flexibility index (Phi) is 11.8. The molecule has 0 N–H and O–H groups in total. The Morgan fingerprint density at radius 3 is 1.80 bits per heavy atom. The van der Waals surface area contributed by atoms with Gasteiger partial charge in [0.05, 0.1) is 0 Å². The van der Waals surface area contributed by atoms with Gasteiger partial charge in [0.1, 0.15) is 0 Å². The van der Waals surface area contributed by atoms with Crippen molar-refractivity contribution in [3.63, 3.8) is 0 Å². The Balaban J connectivity index is 1.85. The average Bonchev–Trinajstić information content (AvgIpc) is 2.39. The van der Waals surface area contributed by atoms with E-state index in [1.807, 2.05) is 0 Å². The van der Waals surface area contributed by atoms with Crippen LogP contribution in [-0.2, 0) is 0 Å². The van der Waals surface area contributed by atoms with E-state index in [1.165, 1.54) is 90.0 Å². The second-order valence-corrected chi connectivity index (χ2v) is 6.87. The molecule has 0 heterocycles. The number of rotatable bonds is 14. The standard InChI is InChI=1S/C18H36ClN/c1-2-3-4-5-6-7-8-9-10-11-16-20(17-15-19)18-13-12-14-18/h18H,2-17H2,1H3. The molecule has 0 aliphatic heterocycles. The molecule has 1 aliphatic carbocycles. The van der Waals surface area contributed by atoms with Crippen molar-refractivity contribution in [1.29, 1.82) is 0 Å². The van der Waals surface area contributed by atoms with E-state index in [4.69, 9.17) is 11.6 Å². The first-order valence-corrected chi connectivity index (χ1v) is 9.72. The SMILES string of the molecule is CCCCCCCCCCCCN(CCCl)C1CCC1. The highest BCUT2D eigenvalue weighted by Gasteiger charge is 2.23. The van der Waals surface area contributed by atoms with E-state index in [2.05, 4.69) is 11.8 Å². The zero-order valence-electron chi connectivity index (χ0n) is 13.7. The maximum atomic E-state index is 5.91. The summed E-state index contributed by atoms with van der Waals surface area (Å²) >= 11 is 5.91. The first kappa shape index (κ1) is 18.3. The van der Waals surface area contributed by atoms with Gasteiger partial charge >= 0.3 is 0 Å². The fourth-order valence-electron chi connectivity index (χ4n) is 3.14. The van der Waals surface area contributed by atoms with Gasteiger partial charge in [0.15, 0.2) is 0 Å². The van der Waals surface area contributed by atoms with Gasteiger partial charge < -0.3 is 0 Å². The molecule has 1 nitrogen and oxygen atoms in total. The van der Waals surface area contributed by atoms with Crippen LogP contribution in [0, 0.1) is 0 Å². The van der Waals surface area contributed by atoms with Crippen molar-refractivity contribution in [2.75, 3.05) is 19.0 Å². The van der Waals surface area contributed by atoms with Crippen LogP contribution in [0.1, 0.15) is 90.4 Å². The van der Waals surface area contributed by atoms with Crippen LogP contribution in [0.2, 0.25) is 0 Å². The van der Waals surface area contributed by atoms with Crippen molar-refractivity contribution >= 4 is 11.6 Å². The van der Waals surface area contributed by atoms with Crippen molar-refractivity contribution in [2.45, 2.75) is 96.4 Å². The molecule has 0 saturated heterocycles. The predicted molar refractivity (Wildman–Crippen MR) is 91.8 cm³/mol. The van der Waals surface area contributed by atoms with Crippen molar-refractivity contribution < 1.29 is 0 Å². The predicted octanol–water partition coefficient (Wildman–Crippen LogP) is 6.00. The van der Waals surface area contributed by atoms with Gasteiger partial charge in [0.25, 0.3) is 0 Å². The molecule has 120 valence electrons. The summed E-state index contributed by atoms with van der Waals surface area (Å²) in [6.07, 6.45) is 18.5. The van der Waals surface area contributed by atoms with Crippen molar-refractivity contribution in [1.82, 2.24) is 4.90 Å². The summed E-state index contributed by atoms with van der Waals surface area (Å²) in [6, 6.07) is 0.868. The van der Waals surface area contributed by atoms with Gasteiger partial charge in [-0.2, -0.15) is 0 Å². The van der Waals surface area contributed by atoms with Gasteiger partial charge in [-0.15, -0.1) is 11.6 Å². The molecule has 0 unspecified atom stereocenters. The molecule has 1 saturated carbocycles. The van der Waals surface area contributed by atoms with Gasteiger partial charge in [-0.25, -0.2) is 0 Å². The van der Waals surface area contributed by atoms with Crippen LogP contribution in [-0.4, -0.2) is 29.9 Å². The van der Waals surface area contributed by atoms with Gasteiger partial charge in [-0.3, -0.25) is 4.90 Å². The molecule has 0 aromatic carbocycles. The lowest BCUT2D eigenvalue weighted by Crippen LogP contribution is -2.41. The van der Waals surface area contributed by atoms with Gasteiger partial charge in [0, 0.05) is 18.5 Å². The molecule has 0 amide bonds. The Bertz CT molecular complexity index is 204. The lowest BCUT2D eigenvalue weighted by molar-refractivity contribution is 0.132. The van der Waals surface area contributed by atoms with E-state index < -0.39 is 0 Å². The van der Waals surface area contributed by atoms with Crippen LogP contribution in [0.5, 0.6) is 0 Å². The number of hydrogen-bond donors (Lipinski definition) is 0. The first-order valence-electron chi connectivity index (χ1n) is 9.18. The number of halogens is 1. The quantitative estimate of drug-likeness (QED) is 0.281. The highest BCUT2D eigenvalue weighted by atomic mass is 35.5. The number of nitrogens with zero attached hydrogens (tertiary/aromatic N) is 1. The van der Waals surface area contributed by atoms with Crippen LogP contribution in [0.3, 0.4) is 0 Å². The molecule has 0 aromatic rings. The van der Waals surface area contributed by atoms with Crippen LogP contribution < -0.4 is 0 Å². The fourth-order valence-corrected chi connectivity index (χ4v) is 3.36. The van der Waals surface area contributed by atoms with Crippen LogP contribution in [0.25, 0.3) is 0 Å². The summed E-state index contributed by atoms with van der Waals surface area (Å²) in [5.74, 6) is 0.800. The normalized spacial score (nSPS) is 15.8. The molecular weight excluding hydrogens is 266 g/mol. The fraction of sp³-hybridized carbons (Fsp3) is 1.00. The summed E-state index contributed by atoms with van der Waals surface area (Å²) < 4.78 is 0. The Labute approximate surface area is 132 Å². The second kappa shape index (κ2) is 13.0. The summed E-state index contributed by atoms with van der Waals surface area (Å²) in [7, 11) is 0. The molecule has 1 aliphatic rings. The number of alkyl halides is 1. The molecule has 0 aromatic heterocycles. The molecular formula is C18H36ClN. The topological polar surface area (TPSA) is 3.24 Å². The maximum absolute atomic E-state index is 5.91. The molecule has 0 atom stereocenters. The largest absolute Gasteiger partial charge is 0.299 e. The smallest absolute Gasteiger partial charge is 0.0351 e. The van der Waals surface area contributed by atoms with Crippen LogP contribution in [0.4, 0.5) is 0 Å². The van der Waals surface area contributed by atoms with E-state index in [0.717, 1.165) is 18.5 Å². The average molecular weight is 302 g/mol. The molecule has 1 rings (SSSR count). The highest BCUT2D eigenvalue weighted by Crippen LogP contribution is 2.25. The zero-order chi connectivity index (χ0) is 14.5. The van der Waals surface area contributed by atoms with Crippen molar-refractivity contribution in [3.05, 3.63) is 0 Å². The molecule has 0 radical (unpaired) electrons. The molecule has 1 fully saturated rings. The van der Waals surface area contributed by atoms with Gasteiger partial charge in [0.2, 0.25) is 0 Å². The number of hydrogen-bond acceptors (Lipinski definition) is 1. The van der Waals surface area contributed by atoms with E-state index in [9.17, 15) is 0 Å². The van der Waals surface area contributed by atoms with Crippen molar-refractivity contribution in [2.24, 2.45) is 0 Å². The summed E-state index contributed by atoms with van der Waals surface area (Å²) in [6.45, 7) is 4.68. The number of unbranched alkanes of at least 4 members (excludes halogenated alkanes) is 9. The summed E-state index contributed by atoms with van der Waals surface area (Å²) in [5.41, 5.74) is 0. The Morgan fingerprint density at radius 1 is 0.800 bits per heavy atom. The lowest BCUT2D eigenvalue weighted by atomic mass is 9.91. The first-order chi connectivity index (χ1) is 9.88. The summed E-state index contributed by atoms with van der Waals surface area (Å²) in [4.78, 5) is 2.64. The molecule has 0 spiro atoms. The minimum Gasteiger partial charge on any atom is -0.299 e. The van der Waals surface area contributed by atoms with E-state index in [0.29, 0.717) is 0 Å². The Hall–Kier alpha value is 0.250. The van der Waals surface area contributed by atoms with Crippen molar-refractivity contribution in [3.8, 4) is 0 Å². The third kappa shape index (κ3) is 8.52. The molecule has 0 bridgehead atoms. The summed E-state index contributed by atoms with van der Waals surface area (Å²) in [5, 5.41) is 0. The molecule has 20 heavy (non-hydrogen) atoms. The van der Waals surface area contributed by atoms with Crippen LogP contribution in [0.15, 0.2) is 0 Å². The van der Waals surface area contributed by atoms with Gasteiger partial charge in [-0.05, 0) is 25.8 Å². The van der Waals surface area contributed by atoms with E-state index in [1.54, 1.807) is 0 Å². The van der Waals surface area contributed by atoms with Gasteiger partial charge in [-0.1, -0.05) is 71.1 Å². The minimum absolute atomic E-state index is 0.800. The third-order valence-electron chi connectivity index (χ3n) is 4.76. The monoisotopic (exact) mass is 301 g/mol. The maximum Gasteiger partial charge on any atom is 0.0351 e. The lowest BCUT2D eigenvalue weighted by Gasteiger charge is -2.37. The Morgan fingerprint density at radius 2 is 1.35 bits per heavy atom. The van der Waals surface area contributed by atoms with Crippen LogP contribution >= 0.6 is 11.6 Å². The van der Waals surface area contributed by atoms with E-state index in [-0.39, 0.29) is 0 Å². The third-order valence-corrected chi connectivity index (χ3v) is 4.93. The second-order valence-electron chi connectivity index (χ2n) is 6.49. The minimum atomic E-state index is 0.800. The highest BCUT2D eigenvalue weighted by molar-refractivity contribution is 6.18. The molecule has 2 heteroatoms. The zero-order valence-corrected chi connectivity index (χ0v) is 14.5. The van der Waals surface area contributed by atoms with E-state index >= 15 is 0 Å².